The molecule has 6 heteroatoms. The average molecular weight is 401 g/mol. The van der Waals surface area contributed by atoms with Crippen molar-refractivity contribution in [1.82, 2.24) is 15.1 Å². The van der Waals surface area contributed by atoms with Gasteiger partial charge in [-0.05, 0) is 47.0 Å². The van der Waals surface area contributed by atoms with Crippen LogP contribution in [0.25, 0.3) is 11.1 Å². The first-order valence-corrected chi connectivity index (χ1v) is 9.52. The highest BCUT2D eigenvalue weighted by Crippen LogP contribution is 2.22. The molecule has 0 fully saturated rings. The molecule has 3 aromatic carbocycles. The fraction of sp³-hybridized carbons (Fsp3) is 0.0833. The van der Waals surface area contributed by atoms with Gasteiger partial charge in [-0.1, -0.05) is 54.6 Å². The first kappa shape index (κ1) is 19.4. The molecule has 5 nitrogen and oxygen atoms in total. The number of carbonyl (C=O) groups excluding carboxylic acids is 1. The Hall–Kier alpha value is -3.93. The number of halogens is 1. The lowest BCUT2D eigenvalue weighted by Crippen LogP contribution is -2.23. The largest absolute Gasteiger partial charge is 0.471 e. The van der Waals surface area contributed by atoms with E-state index in [1.165, 1.54) is 12.1 Å². The minimum absolute atomic E-state index is 0.190. The van der Waals surface area contributed by atoms with Crippen molar-refractivity contribution in [2.75, 3.05) is 0 Å². The van der Waals surface area contributed by atoms with Crippen LogP contribution in [0.3, 0.4) is 0 Å². The predicted octanol–water partition coefficient (Wildman–Crippen LogP) is 4.66. The van der Waals surface area contributed by atoms with E-state index < -0.39 is 0 Å². The van der Waals surface area contributed by atoms with Crippen LogP contribution in [0.2, 0.25) is 0 Å². The minimum Gasteiger partial charge on any atom is -0.471 e. The molecule has 0 aliphatic rings. The smallest absolute Gasteiger partial charge is 0.272 e. The summed E-state index contributed by atoms with van der Waals surface area (Å²) in [7, 11) is 0. The number of carbonyl (C=O) groups is 1. The molecule has 1 heterocycles. The van der Waals surface area contributed by atoms with Gasteiger partial charge in [0.05, 0.1) is 0 Å². The van der Waals surface area contributed by atoms with Crippen LogP contribution < -0.4 is 10.1 Å². The van der Waals surface area contributed by atoms with E-state index in [0.717, 1.165) is 16.7 Å². The standard InChI is InChI=1S/C24H20FN3O2/c25-21-10-6-18(7-11-21)16-26-24(29)23-14-15-28(27-23)17-30-22-12-8-20(9-13-22)19-4-2-1-3-5-19/h1-15H,16-17H2,(H,26,29). The van der Waals surface area contributed by atoms with Gasteiger partial charge in [-0.25, -0.2) is 9.07 Å². The highest BCUT2D eigenvalue weighted by molar-refractivity contribution is 5.92. The third kappa shape index (κ3) is 4.91. The number of hydrogen-bond acceptors (Lipinski definition) is 3. The van der Waals surface area contributed by atoms with Crippen LogP contribution in [0.5, 0.6) is 5.75 Å². The van der Waals surface area contributed by atoms with Gasteiger partial charge in [0.15, 0.2) is 6.73 Å². The molecule has 0 aliphatic heterocycles. The molecule has 4 aromatic rings. The number of hydrogen-bond donors (Lipinski definition) is 1. The molecule has 0 bridgehead atoms. The second-order valence-corrected chi connectivity index (χ2v) is 6.71. The van der Waals surface area contributed by atoms with Crippen molar-refractivity contribution in [2.45, 2.75) is 13.3 Å². The molecule has 1 N–H and O–H groups in total. The Morgan fingerprint density at radius 3 is 2.33 bits per heavy atom. The average Bonchev–Trinajstić information content (AvgIpc) is 3.27. The SMILES string of the molecule is O=C(NCc1ccc(F)cc1)c1ccn(COc2ccc(-c3ccccc3)cc2)n1. The molecule has 4 rings (SSSR count). The molecule has 0 unspecified atom stereocenters. The Balaban J connectivity index is 1.30. The number of nitrogens with one attached hydrogen (secondary N) is 1. The van der Waals surface area contributed by atoms with Crippen LogP contribution in [0.15, 0.2) is 91.1 Å². The van der Waals surface area contributed by atoms with Crippen LogP contribution in [0, 0.1) is 5.82 Å². The molecule has 0 spiro atoms. The third-order valence-electron chi connectivity index (χ3n) is 4.56. The fourth-order valence-electron chi connectivity index (χ4n) is 2.94. The normalized spacial score (nSPS) is 10.6. The zero-order valence-electron chi connectivity index (χ0n) is 16.2. The molecule has 0 saturated carbocycles. The van der Waals surface area contributed by atoms with E-state index in [9.17, 15) is 9.18 Å². The van der Waals surface area contributed by atoms with E-state index in [1.807, 2.05) is 42.5 Å². The van der Waals surface area contributed by atoms with E-state index in [0.29, 0.717) is 18.0 Å². The van der Waals surface area contributed by atoms with Crippen molar-refractivity contribution in [1.29, 1.82) is 0 Å². The van der Waals surface area contributed by atoms with E-state index in [1.54, 1.807) is 29.1 Å². The van der Waals surface area contributed by atoms with Gasteiger partial charge in [-0.2, -0.15) is 5.10 Å². The van der Waals surface area contributed by atoms with Crippen LogP contribution in [0.4, 0.5) is 4.39 Å². The van der Waals surface area contributed by atoms with Gasteiger partial charge in [0.25, 0.3) is 5.91 Å². The first-order valence-electron chi connectivity index (χ1n) is 9.52. The maximum Gasteiger partial charge on any atom is 0.272 e. The highest BCUT2D eigenvalue weighted by Gasteiger charge is 2.09. The molecule has 1 amide bonds. The molecule has 0 saturated heterocycles. The molecule has 0 aliphatic carbocycles. The van der Waals surface area contributed by atoms with Crippen molar-refractivity contribution >= 4 is 5.91 Å². The van der Waals surface area contributed by atoms with Crippen LogP contribution in [-0.4, -0.2) is 15.7 Å². The van der Waals surface area contributed by atoms with Gasteiger partial charge in [0.1, 0.15) is 17.3 Å². The fourth-order valence-corrected chi connectivity index (χ4v) is 2.94. The lowest BCUT2D eigenvalue weighted by Gasteiger charge is -2.08. The quantitative estimate of drug-likeness (QED) is 0.490. The van der Waals surface area contributed by atoms with Crippen molar-refractivity contribution in [3.63, 3.8) is 0 Å². The second kappa shape index (κ2) is 9.05. The number of aromatic nitrogens is 2. The predicted molar refractivity (Wildman–Crippen MR) is 112 cm³/mol. The maximum absolute atomic E-state index is 12.9. The summed E-state index contributed by atoms with van der Waals surface area (Å²) >= 11 is 0. The van der Waals surface area contributed by atoms with Crippen molar-refractivity contribution < 1.29 is 13.9 Å². The van der Waals surface area contributed by atoms with Crippen LogP contribution >= 0.6 is 0 Å². The number of ether oxygens (including phenoxy) is 1. The summed E-state index contributed by atoms with van der Waals surface area (Å²) in [6, 6.07) is 25.5. The molecular weight excluding hydrogens is 381 g/mol. The maximum atomic E-state index is 12.9. The summed E-state index contributed by atoms with van der Waals surface area (Å²) < 4.78 is 20.2. The monoisotopic (exact) mass is 401 g/mol. The van der Waals surface area contributed by atoms with Gasteiger partial charge in [0.2, 0.25) is 0 Å². The number of nitrogens with zero attached hydrogens (tertiary/aromatic N) is 2. The Morgan fingerprint density at radius 1 is 0.900 bits per heavy atom. The van der Waals surface area contributed by atoms with E-state index >= 15 is 0 Å². The summed E-state index contributed by atoms with van der Waals surface area (Å²) in [5, 5.41) is 7.00. The second-order valence-electron chi connectivity index (χ2n) is 6.71. The number of amides is 1. The zero-order chi connectivity index (χ0) is 20.8. The molecule has 1 aromatic heterocycles. The summed E-state index contributed by atoms with van der Waals surface area (Å²) in [6.07, 6.45) is 1.69. The Kier molecular flexibility index (Phi) is 5.85. The molecule has 30 heavy (non-hydrogen) atoms. The van der Waals surface area contributed by atoms with E-state index in [2.05, 4.69) is 22.5 Å². The van der Waals surface area contributed by atoms with Crippen LogP contribution in [-0.2, 0) is 13.3 Å². The summed E-state index contributed by atoms with van der Waals surface area (Å²) in [4.78, 5) is 12.2. The minimum atomic E-state index is -0.307. The van der Waals surface area contributed by atoms with Gasteiger partial charge < -0.3 is 10.1 Å². The molecule has 0 radical (unpaired) electrons. The molecular formula is C24H20FN3O2. The Morgan fingerprint density at radius 2 is 1.60 bits per heavy atom. The van der Waals surface area contributed by atoms with Crippen molar-refractivity contribution in [3.05, 3.63) is 108 Å². The van der Waals surface area contributed by atoms with E-state index in [-0.39, 0.29) is 18.5 Å². The first-order chi connectivity index (χ1) is 14.7. The number of benzene rings is 3. The summed E-state index contributed by atoms with van der Waals surface area (Å²) in [5.74, 6) is 0.108. The van der Waals surface area contributed by atoms with Gasteiger partial charge in [-0.15, -0.1) is 0 Å². The highest BCUT2D eigenvalue weighted by atomic mass is 19.1. The molecule has 0 atom stereocenters. The van der Waals surface area contributed by atoms with Gasteiger partial charge >= 0.3 is 0 Å². The van der Waals surface area contributed by atoms with Crippen molar-refractivity contribution in [3.8, 4) is 16.9 Å². The zero-order valence-corrected chi connectivity index (χ0v) is 16.2. The van der Waals surface area contributed by atoms with Crippen molar-refractivity contribution in [2.24, 2.45) is 0 Å². The molecule has 150 valence electrons. The summed E-state index contributed by atoms with van der Waals surface area (Å²) in [5.41, 5.74) is 3.36. The Labute approximate surface area is 173 Å². The van der Waals surface area contributed by atoms with Gasteiger partial charge in [0, 0.05) is 12.7 Å². The lowest BCUT2D eigenvalue weighted by molar-refractivity contribution is 0.0944. The Bertz CT molecular complexity index is 1110. The van der Waals surface area contributed by atoms with Crippen LogP contribution in [0.1, 0.15) is 16.1 Å². The number of rotatable bonds is 7. The topological polar surface area (TPSA) is 56.2 Å². The van der Waals surface area contributed by atoms with E-state index in [4.69, 9.17) is 4.74 Å². The summed E-state index contributed by atoms with van der Waals surface area (Å²) in [6.45, 7) is 0.492. The third-order valence-corrected chi connectivity index (χ3v) is 4.56. The van der Waals surface area contributed by atoms with Gasteiger partial charge in [-0.3, -0.25) is 4.79 Å². The lowest BCUT2D eigenvalue weighted by atomic mass is 10.1.